The van der Waals surface area contributed by atoms with Crippen molar-refractivity contribution in [2.75, 3.05) is 18.9 Å². The molecule has 24 heavy (non-hydrogen) atoms. The van der Waals surface area contributed by atoms with Gasteiger partial charge in [0.05, 0.1) is 12.0 Å². The molecular formula is C14H15FN2O5S2. The summed E-state index contributed by atoms with van der Waals surface area (Å²) in [4.78, 5) is 4.06. The van der Waals surface area contributed by atoms with Crippen molar-refractivity contribution in [2.24, 2.45) is 0 Å². The van der Waals surface area contributed by atoms with Crippen LogP contribution in [0.2, 0.25) is 0 Å². The van der Waals surface area contributed by atoms with E-state index in [1.54, 1.807) is 0 Å². The Hall–Kier alpha value is -2.01. The lowest BCUT2D eigenvalue weighted by Crippen LogP contribution is -2.25. The van der Waals surface area contributed by atoms with Gasteiger partial charge in [0.25, 0.3) is 20.0 Å². The molecule has 0 aliphatic heterocycles. The van der Waals surface area contributed by atoms with E-state index in [-0.39, 0.29) is 10.6 Å². The molecule has 0 bridgehead atoms. The van der Waals surface area contributed by atoms with Crippen LogP contribution >= 0.6 is 0 Å². The van der Waals surface area contributed by atoms with Crippen LogP contribution < -0.4 is 4.72 Å². The van der Waals surface area contributed by atoms with Gasteiger partial charge in [0.2, 0.25) is 0 Å². The van der Waals surface area contributed by atoms with Crippen LogP contribution in [0.3, 0.4) is 0 Å². The average molecular weight is 374 g/mol. The Morgan fingerprint density at radius 1 is 1.00 bits per heavy atom. The summed E-state index contributed by atoms with van der Waals surface area (Å²) in [6.07, 6.45) is 0. The van der Waals surface area contributed by atoms with Crippen molar-refractivity contribution >= 4 is 25.7 Å². The van der Waals surface area contributed by atoms with Crippen molar-refractivity contribution in [3.8, 4) is 0 Å². The largest absolute Gasteiger partial charge is 0.288 e. The maximum atomic E-state index is 13.6. The van der Waals surface area contributed by atoms with Crippen molar-refractivity contribution < 1.29 is 26.1 Å². The van der Waals surface area contributed by atoms with Crippen LogP contribution in [0.4, 0.5) is 10.1 Å². The standard InChI is InChI=1S/C14H15FN2O5S2/c1-17(22-2)24(20,21)12-9-7-11(8-10-12)16-23(18,19)14-6-4-3-5-13(14)15/h3-10,16H,1-2H3. The van der Waals surface area contributed by atoms with E-state index < -0.39 is 30.8 Å². The minimum Gasteiger partial charge on any atom is -0.288 e. The fourth-order valence-corrected chi connectivity index (χ4v) is 3.93. The molecular weight excluding hydrogens is 359 g/mol. The number of sulfonamides is 2. The van der Waals surface area contributed by atoms with E-state index in [4.69, 9.17) is 0 Å². The molecule has 10 heteroatoms. The average Bonchev–Trinajstić information content (AvgIpc) is 2.54. The first-order valence-corrected chi connectivity index (χ1v) is 9.51. The lowest BCUT2D eigenvalue weighted by atomic mass is 10.3. The van der Waals surface area contributed by atoms with Gasteiger partial charge in [-0.3, -0.25) is 9.56 Å². The minimum absolute atomic E-state index is 0.0827. The Balaban J connectivity index is 2.28. The second-order valence-electron chi connectivity index (χ2n) is 4.66. The number of anilines is 1. The van der Waals surface area contributed by atoms with Crippen LogP contribution in [0.15, 0.2) is 58.3 Å². The van der Waals surface area contributed by atoms with E-state index in [9.17, 15) is 21.2 Å². The molecule has 0 saturated carbocycles. The van der Waals surface area contributed by atoms with Gasteiger partial charge in [-0.2, -0.15) is 0 Å². The van der Waals surface area contributed by atoms with Crippen LogP contribution in [-0.2, 0) is 24.9 Å². The van der Waals surface area contributed by atoms with Crippen molar-refractivity contribution in [1.29, 1.82) is 0 Å². The van der Waals surface area contributed by atoms with Gasteiger partial charge in [0.15, 0.2) is 0 Å². The summed E-state index contributed by atoms with van der Waals surface area (Å²) >= 11 is 0. The smallest absolute Gasteiger partial charge is 0.264 e. The molecule has 2 aromatic carbocycles. The van der Waals surface area contributed by atoms with Gasteiger partial charge in [0.1, 0.15) is 10.7 Å². The predicted octanol–water partition coefficient (Wildman–Crippen LogP) is 1.81. The second kappa shape index (κ2) is 6.85. The number of nitrogens with one attached hydrogen (secondary N) is 1. The number of rotatable bonds is 6. The van der Waals surface area contributed by atoms with Gasteiger partial charge in [0, 0.05) is 12.7 Å². The first-order chi connectivity index (χ1) is 11.2. The molecule has 1 N–H and O–H groups in total. The van der Waals surface area contributed by atoms with Crippen molar-refractivity contribution in [1.82, 2.24) is 4.47 Å². The maximum absolute atomic E-state index is 13.6. The number of hydrogen-bond acceptors (Lipinski definition) is 5. The van der Waals surface area contributed by atoms with Gasteiger partial charge < -0.3 is 0 Å². The molecule has 0 unspecified atom stereocenters. The minimum atomic E-state index is -4.12. The van der Waals surface area contributed by atoms with Crippen LogP contribution in [0, 0.1) is 5.82 Å². The lowest BCUT2D eigenvalue weighted by Gasteiger charge is -2.14. The molecule has 0 radical (unpaired) electrons. The lowest BCUT2D eigenvalue weighted by molar-refractivity contribution is -0.0258. The van der Waals surface area contributed by atoms with Crippen molar-refractivity contribution in [2.45, 2.75) is 9.79 Å². The normalized spacial score (nSPS) is 12.3. The molecule has 0 spiro atoms. The number of hydrogen-bond donors (Lipinski definition) is 1. The Kier molecular flexibility index (Phi) is 5.23. The monoisotopic (exact) mass is 374 g/mol. The molecule has 0 heterocycles. The van der Waals surface area contributed by atoms with Crippen LogP contribution in [0.5, 0.6) is 0 Å². The number of nitrogens with zero attached hydrogens (tertiary/aromatic N) is 1. The molecule has 2 rings (SSSR count). The summed E-state index contributed by atoms with van der Waals surface area (Å²) in [5.74, 6) is -0.883. The van der Waals surface area contributed by atoms with Gasteiger partial charge in [-0.05, 0) is 36.4 Å². The van der Waals surface area contributed by atoms with Crippen molar-refractivity contribution in [3.63, 3.8) is 0 Å². The first kappa shape index (κ1) is 18.3. The molecule has 0 aliphatic carbocycles. The Bertz CT molecular complexity index is 928. The fourth-order valence-electron chi connectivity index (χ4n) is 1.81. The molecule has 0 amide bonds. The second-order valence-corrected chi connectivity index (χ2v) is 8.24. The summed E-state index contributed by atoms with van der Waals surface area (Å²) in [7, 11) is -5.53. The van der Waals surface area contributed by atoms with E-state index in [1.165, 1.54) is 50.6 Å². The van der Waals surface area contributed by atoms with E-state index in [1.807, 2.05) is 0 Å². The third-order valence-electron chi connectivity index (χ3n) is 3.13. The summed E-state index contributed by atoms with van der Waals surface area (Å²) in [6.45, 7) is 0. The SMILES string of the molecule is CON(C)S(=O)(=O)c1ccc(NS(=O)(=O)c2ccccc2F)cc1. The van der Waals surface area contributed by atoms with E-state index in [0.717, 1.165) is 12.1 Å². The van der Waals surface area contributed by atoms with Gasteiger partial charge in [-0.1, -0.05) is 16.6 Å². The van der Waals surface area contributed by atoms with Crippen LogP contribution in [0.1, 0.15) is 0 Å². The zero-order chi connectivity index (χ0) is 18.0. The fraction of sp³-hybridized carbons (Fsp3) is 0.143. The van der Waals surface area contributed by atoms with Gasteiger partial charge in [-0.15, -0.1) is 0 Å². The number of halogens is 1. The summed E-state index contributed by atoms with van der Waals surface area (Å²) in [6, 6.07) is 9.88. The Morgan fingerprint density at radius 2 is 1.58 bits per heavy atom. The predicted molar refractivity (Wildman–Crippen MR) is 85.6 cm³/mol. The van der Waals surface area contributed by atoms with E-state index >= 15 is 0 Å². The zero-order valence-electron chi connectivity index (χ0n) is 12.8. The van der Waals surface area contributed by atoms with Gasteiger partial charge in [-0.25, -0.2) is 21.2 Å². The van der Waals surface area contributed by atoms with Crippen LogP contribution in [-0.4, -0.2) is 35.5 Å². The topological polar surface area (TPSA) is 92.8 Å². The molecule has 2 aromatic rings. The number of benzene rings is 2. The van der Waals surface area contributed by atoms with Gasteiger partial charge >= 0.3 is 0 Å². The molecule has 0 aromatic heterocycles. The van der Waals surface area contributed by atoms with E-state index in [2.05, 4.69) is 9.56 Å². The summed E-state index contributed by atoms with van der Waals surface area (Å²) in [5, 5.41) is 0. The molecule has 0 saturated heterocycles. The molecule has 0 aliphatic rings. The third-order valence-corrected chi connectivity index (χ3v) is 6.23. The summed E-state index contributed by atoms with van der Waals surface area (Å²) < 4.78 is 64.9. The molecule has 0 fully saturated rings. The summed E-state index contributed by atoms with van der Waals surface area (Å²) in [5.41, 5.74) is 0.0947. The zero-order valence-corrected chi connectivity index (χ0v) is 14.4. The highest BCUT2D eigenvalue weighted by Gasteiger charge is 2.22. The highest BCUT2D eigenvalue weighted by molar-refractivity contribution is 7.92. The number of hydroxylamine groups is 1. The highest BCUT2D eigenvalue weighted by atomic mass is 32.2. The quantitative estimate of drug-likeness (QED) is 0.779. The maximum Gasteiger partial charge on any atom is 0.264 e. The third kappa shape index (κ3) is 3.73. The first-order valence-electron chi connectivity index (χ1n) is 6.59. The molecule has 7 nitrogen and oxygen atoms in total. The van der Waals surface area contributed by atoms with Crippen LogP contribution in [0.25, 0.3) is 0 Å². The Morgan fingerprint density at radius 3 is 2.12 bits per heavy atom. The van der Waals surface area contributed by atoms with Crippen molar-refractivity contribution in [3.05, 3.63) is 54.3 Å². The highest BCUT2D eigenvalue weighted by Crippen LogP contribution is 2.21. The molecule has 130 valence electrons. The Labute approximate surface area is 139 Å². The molecule has 0 atom stereocenters. The van der Waals surface area contributed by atoms with E-state index in [0.29, 0.717) is 4.47 Å².